The second kappa shape index (κ2) is 6.01. The van der Waals surface area contributed by atoms with E-state index < -0.39 is 0 Å². The van der Waals surface area contributed by atoms with Gasteiger partial charge >= 0.3 is 0 Å². The highest BCUT2D eigenvalue weighted by molar-refractivity contribution is 4.57. The van der Waals surface area contributed by atoms with Crippen LogP contribution < -0.4 is 10.6 Å². The van der Waals surface area contributed by atoms with Crippen molar-refractivity contribution in [3.05, 3.63) is 0 Å². The summed E-state index contributed by atoms with van der Waals surface area (Å²) in [4.78, 5) is 0. The summed E-state index contributed by atoms with van der Waals surface area (Å²) in [5.41, 5.74) is 0. The Morgan fingerprint density at radius 3 is 2.56 bits per heavy atom. The highest BCUT2D eigenvalue weighted by atomic mass is 16.3. The molecule has 0 aliphatic carbocycles. The van der Waals surface area contributed by atoms with E-state index in [9.17, 15) is 0 Å². The maximum absolute atomic E-state index is 8.55. The lowest BCUT2D eigenvalue weighted by atomic mass is 10.3. The van der Waals surface area contributed by atoms with Gasteiger partial charge in [-0.25, -0.2) is 0 Å². The molecule has 9 heavy (non-hydrogen) atoms. The van der Waals surface area contributed by atoms with Gasteiger partial charge in [0.05, 0.1) is 6.61 Å². The highest BCUT2D eigenvalue weighted by Crippen LogP contribution is 1.74. The van der Waals surface area contributed by atoms with Crippen LogP contribution in [0.3, 0.4) is 0 Å². The van der Waals surface area contributed by atoms with Crippen LogP contribution in [-0.2, 0) is 0 Å². The maximum Gasteiger partial charge on any atom is 0.0581 e. The van der Waals surface area contributed by atoms with Crippen LogP contribution in [0.4, 0.5) is 0 Å². The molecular formula is C6H16N2O. The number of rotatable bonds is 5. The standard InChI is InChI=1S/C6H16N2O/c1-6(5-9)8-4-3-7-2/h6-9H,3-5H2,1-2H3. The van der Waals surface area contributed by atoms with E-state index in [2.05, 4.69) is 10.6 Å². The molecule has 0 bridgehead atoms. The zero-order valence-electron chi connectivity index (χ0n) is 6.15. The lowest BCUT2D eigenvalue weighted by molar-refractivity contribution is 0.252. The van der Waals surface area contributed by atoms with Gasteiger partial charge < -0.3 is 15.7 Å². The molecule has 0 aromatic heterocycles. The van der Waals surface area contributed by atoms with E-state index in [1.165, 1.54) is 0 Å². The van der Waals surface area contributed by atoms with Gasteiger partial charge in [0.1, 0.15) is 0 Å². The second-order valence-corrected chi connectivity index (χ2v) is 2.14. The van der Waals surface area contributed by atoms with Gasteiger partial charge in [-0.3, -0.25) is 0 Å². The van der Waals surface area contributed by atoms with E-state index in [1.807, 2.05) is 14.0 Å². The van der Waals surface area contributed by atoms with Gasteiger partial charge in [0.15, 0.2) is 0 Å². The number of nitrogens with one attached hydrogen (secondary N) is 2. The van der Waals surface area contributed by atoms with Crippen LogP contribution in [0.1, 0.15) is 6.92 Å². The van der Waals surface area contributed by atoms with Gasteiger partial charge in [0.2, 0.25) is 0 Å². The smallest absolute Gasteiger partial charge is 0.0581 e. The predicted molar refractivity (Wildman–Crippen MR) is 38.5 cm³/mol. The molecule has 3 nitrogen and oxygen atoms in total. The molecule has 1 unspecified atom stereocenters. The zero-order valence-corrected chi connectivity index (χ0v) is 6.15. The van der Waals surface area contributed by atoms with Crippen molar-refractivity contribution in [1.29, 1.82) is 0 Å². The topological polar surface area (TPSA) is 44.3 Å². The Labute approximate surface area is 56.5 Å². The molecular weight excluding hydrogens is 116 g/mol. The average Bonchev–Trinajstić information content (AvgIpc) is 1.89. The maximum atomic E-state index is 8.55. The Bertz CT molecular complexity index is 59.0. The van der Waals surface area contributed by atoms with Crippen molar-refractivity contribution in [3.8, 4) is 0 Å². The summed E-state index contributed by atoms with van der Waals surface area (Å²) >= 11 is 0. The van der Waals surface area contributed by atoms with Crippen molar-refractivity contribution in [1.82, 2.24) is 10.6 Å². The zero-order chi connectivity index (χ0) is 7.11. The lowest BCUT2D eigenvalue weighted by Crippen LogP contribution is -2.34. The molecule has 1 atom stereocenters. The van der Waals surface area contributed by atoms with Crippen LogP contribution in [0.25, 0.3) is 0 Å². The number of hydrogen-bond acceptors (Lipinski definition) is 3. The minimum Gasteiger partial charge on any atom is -0.395 e. The van der Waals surface area contributed by atoms with Crippen molar-refractivity contribution in [3.63, 3.8) is 0 Å². The minimum atomic E-state index is 0.212. The van der Waals surface area contributed by atoms with Gasteiger partial charge in [-0.1, -0.05) is 0 Å². The summed E-state index contributed by atoms with van der Waals surface area (Å²) in [6.45, 7) is 4.03. The third-order valence-electron chi connectivity index (χ3n) is 1.14. The van der Waals surface area contributed by atoms with Crippen molar-refractivity contribution in [2.45, 2.75) is 13.0 Å². The SMILES string of the molecule is CNCCNC(C)CO. The Kier molecular flexibility index (Phi) is 5.93. The average molecular weight is 132 g/mol. The molecule has 0 heterocycles. The monoisotopic (exact) mass is 132 g/mol. The lowest BCUT2D eigenvalue weighted by Gasteiger charge is -2.08. The molecule has 0 aliphatic heterocycles. The van der Waals surface area contributed by atoms with Crippen LogP contribution in [0.15, 0.2) is 0 Å². The molecule has 0 saturated heterocycles. The third-order valence-corrected chi connectivity index (χ3v) is 1.14. The van der Waals surface area contributed by atoms with Crippen LogP contribution in [0.5, 0.6) is 0 Å². The largest absolute Gasteiger partial charge is 0.395 e. The normalized spacial score (nSPS) is 13.7. The summed E-state index contributed by atoms with van der Waals surface area (Å²) in [6.07, 6.45) is 0. The molecule has 0 fully saturated rings. The summed E-state index contributed by atoms with van der Waals surface area (Å²) < 4.78 is 0. The Balaban J connectivity index is 2.88. The Hall–Kier alpha value is -0.120. The number of aliphatic hydroxyl groups is 1. The summed E-state index contributed by atoms with van der Waals surface area (Å²) in [5.74, 6) is 0. The van der Waals surface area contributed by atoms with Crippen LogP contribution in [0, 0.1) is 0 Å². The molecule has 0 aromatic carbocycles. The fourth-order valence-corrected chi connectivity index (χ4v) is 0.508. The minimum absolute atomic E-state index is 0.212. The van der Waals surface area contributed by atoms with Crippen molar-refractivity contribution >= 4 is 0 Å². The second-order valence-electron chi connectivity index (χ2n) is 2.14. The van der Waals surface area contributed by atoms with Gasteiger partial charge in [-0.05, 0) is 14.0 Å². The van der Waals surface area contributed by atoms with E-state index in [4.69, 9.17) is 5.11 Å². The van der Waals surface area contributed by atoms with Crippen molar-refractivity contribution in [2.75, 3.05) is 26.7 Å². The van der Waals surface area contributed by atoms with Gasteiger partial charge in [0, 0.05) is 19.1 Å². The first-order valence-corrected chi connectivity index (χ1v) is 3.30. The molecule has 0 spiro atoms. The van der Waals surface area contributed by atoms with Crippen LogP contribution in [-0.4, -0.2) is 37.9 Å². The van der Waals surface area contributed by atoms with Crippen LogP contribution >= 0.6 is 0 Å². The molecule has 0 aliphatic rings. The summed E-state index contributed by atoms with van der Waals surface area (Å²) in [7, 11) is 1.91. The van der Waals surface area contributed by atoms with E-state index in [1.54, 1.807) is 0 Å². The number of aliphatic hydroxyl groups excluding tert-OH is 1. The summed E-state index contributed by atoms with van der Waals surface area (Å²) in [6, 6.07) is 0.221. The first-order valence-electron chi connectivity index (χ1n) is 3.30. The molecule has 0 radical (unpaired) electrons. The molecule has 0 saturated carbocycles. The first kappa shape index (κ1) is 8.88. The molecule has 0 rings (SSSR count). The van der Waals surface area contributed by atoms with E-state index in [0.29, 0.717) is 0 Å². The molecule has 3 N–H and O–H groups in total. The van der Waals surface area contributed by atoms with Crippen molar-refractivity contribution in [2.24, 2.45) is 0 Å². The van der Waals surface area contributed by atoms with E-state index >= 15 is 0 Å². The predicted octanol–water partition coefficient (Wildman–Crippen LogP) is -0.824. The van der Waals surface area contributed by atoms with Gasteiger partial charge in [-0.2, -0.15) is 0 Å². The molecule has 0 amide bonds. The third kappa shape index (κ3) is 5.76. The molecule has 0 aromatic rings. The Morgan fingerprint density at radius 1 is 1.44 bits per heavy atom. The number of hydrogen-bond donors (Lipinski definition) is 3. The number of likely N-dealkylation sites (N-methyl/N-ethyl adjacent to an activating group) is 1. The van der Waals surface area contributed by atoms with Crippen LogP contribution in [0.2, 0.25) is 0 Å². The van der Waals surface area contributed by atoms with Gasteiger partial charge in [-0.15, -0.1) is 0 Å². The van der Waals surface area contributed by atoms with E-state index in [0.717, 1.165) is 13.1 Å². The first-order chi connectivity index (χ1) is 4.31. The fraction of sp³-hybridized carbons (Fsp3) is 1.00. The van der Waals surface area contributed by atoms with Crippen molar-refractivity contribution < 1.29 is 5.11 Å². The highest BCUT2D eigenvalue weighted by Gasteiger charge is 1.94. The Morgan fingerprint density at radius 2 is 2.11 bits per heavy atom. The fourth-order valence-electron chi connectivity index (χ4n) is 0.508. The molecule has 56 valence electrons. The van der Waals surface area contributed by atoms with E-state index in [-0.39, 0.29) is 12.6 Å². The quantitative estimate of drug-likeness (QED) is 0.428. The summed E-state index contributed by atoms with van der Waals surface area (Å²) in [5, 5.41) is 14.7. The molecule has 3 heteroatoms. The van der Waals surface area contributed by atoms with Gasteiger partial charge in [0.25, 0.3) is 0 Å².